The van der Waals surface area contributed by atoms with E-state index in [0.717, 1.165) is 12.2 Å². The van der Waals surface area contributed by atoms with Crippen LogP contribution in [0.15, 0.2) is 17.8 Å². The average molecular weight is 233 g/mol. The molecule has 1 atom stereocenters. The Labute approximate surface area is 104 Å². The lowest BCUT2D eigenvalue weighted by Crippen LogP contribution is -2.20. The number of nitrogens with one attached hydrogen (secondary N) is 1. The maximum atomic E-state index is 4.38. The first-order chi connectivity index (χ1) is 8.16. The average Bonchev–Trinajstić information content (AvgIpc) is 2.88. The third kappa shape index (κ3) is 3.19. The number of aryl methyl sites for hydroxylation is 2. The van der Waals surface area contributed by atoms with Gasteiger partial charge < -0.3 is 5.32 Å². The van der Waals surface area contributed by atoms with Crippen molar-refractivity contribution in [1.82, 2.24) is 15.1 Å². The minimum Gasteiger partial charge on any atom is -0.310 e. The van der Waals surface area contributed by atoms with Crippen molar-refractivity contribution in [2.75, 3.05) is 6.54 Å². The minimum atomic E-state index is 0.394. The van der Waals surface area contributed by atoms with Gasteiger partial charge in [0, 0.05) is 24.8 Å². The summed E-state index contributed by atoms with van der Waals surface area (Å²) in [5.74, 6) is 0. The Balaban J connectivity index is 1.80. The second-order valence-corrected chi connectivity index (χ2v) is 5.02. The van der Waals surface area contributed by atoms with Gasteiger partial charge in [-0.05, 0) is 46.1 Å². The highest BCUT2D eigenvalue weighted by atomic mass is 15.3. The molecule has 0 bridgehead atoms. The van der Waals surface area contributed by atoms with E-state index in [-0.39, 0.29) is 0 Å². The Kier molecular flexibility index (Phi) is 4.00. The smallest absolute Gasteiger partial charge is 0.0641 e. The number of nitrogens with zero attached hydrogens (tertiary/aromatic N) is 2. The second-order valence-electron chi connectivity index (χ2n) is 5.02. The van der Waals surface area contributed by atoms with E-state index in [2.05, 4.69) is 36.5 Å². The Morgan fingerprint density at radius 3 is 2.94 bits per heavy atom. The van der Waals surface area contributed by atoms with Gasteiger partial charge in [0.05, 0.1) is 5.69 Å². The maximum absolute atomic E-state index is 4.38. The van der Waals surface area contributed by atoms with Gasteiger partial charge in [0.2, 0.25) is 0 Å². The number of hydrogen-bond acceptors (Lipinski definition) is 2. The van der Waals surface area contributed by atoms with Crippen LogP contribution >= 0.6 is 0 Å². The second kappa shape index (κ2) is 5.50. The Bertz CT molecular complexity index is 404. The standard InChI is InChI=1S/C14H23N3/c1-11(14-10-17(3)16-12(14)2)15-9-8-13-6-4-5-7-13/h6,10-11,15H,4-5,7-9H2,1-3H3. The molecule has 1 N–H and O–H groups in total. The highest BCUT2D eigenvalue weighted by Crippen LogP contribution is 2.21. The van der Waals surface area contributed by atoms with E-state index >= 15 is 0 Å². The molecule has 1 aromatic heterocycles. The summed E-state index contributed by atoms with van der Waals surface area (Å²) in [6.45, 7) is 5.36. The summed E-state index contributed by atoms with van der Waals surface area (Å²) in [7, 11) is 1.98. The van der Waals surface area contributed by atoms with Gasteiger partial charge in [-0.3, -0.25) is 4.68 Å². The van der Waals surface area contributed by atoms with Crippen LogP contribution in [0.4, 0.5) is 0 Å². The van der Waals surface area contributed by atoms with Gasteiger partial charge in [-0.15, -0.1) is 0 Å². The molecule has 0 aromatic carbocycles. The summed E-state index contributed by atoms with van der Waals surface area (Å²) in [6.07, 6.45) is 9.66. The third-order valence-electron chi connectivity index (χ3n) is 3.55. The van der Waals surface area contributed by atoms with Crippen molar-refractivity contribution in [3.63, 3.8) is 0 Å². The van der Waals surface area contributed by atoms with E-state index < -0.39 is 0 Å². The van der Waals surface area contributed by atoms with Crippen molar-refractivity contribution in [3.8, 4) is 0 Å². The largest absolute Gasteiger partial charge is 0.310 e. The molecular formula is C14H23N3. The molecule has 1 aliphatic carbocycles. The topological polar surface area (TPSA) is 29.9 Å². The molecule has 1 unspecified atom stereocenters. The molecule has 0 saturated carbocycles. The molecule has 3 nitrogen and oxygen atoms in total. The van der Waals surface area contributed by atoms with Crippen LogP contribution in [-0.4, -0.2) is 16.3 Å². The first kappa shape index (κ1) is 12.4. The van der Waals surface area contributed by atoms with E-state index in [0.29, 0.717) is 6.04 Å². The van der Waals surface area contributed by atoms with Gasteiger partial charge in [0.25, 0.3) is 0 Å². The number of aromatic nitrogens is 2. The zero-order chi connectivity index (χ0) is 12.3. The zero-order valence-electron chi connectivity index (χ0n) is 11.2. The van der Waals surface area contributed by atoms with E-state index in [1.165, 1.54) is 31.2 Å². The molecular weight excluding hydrogens is 210 g/mol. The van der Waals surface area contributed by atoms with Crippen LogP contribution in [0.2, 0.25) is 0 Å². The van der Waals surface area contributed by atoms with Crippen LogP contribution in [0, 0.1) is 6.92 Å². The van der Waals surface area contributed by atoms with E-state index in [1.54, 1.807) is 5.57 Å². The summed E-state index contributed by atoms with van der Waals surface area (Å²) < 4.78 is 1.89. The van der Waals surface area contributed by atoms with Crippen molar-refractivity contribution in [1.29, 1.82) is 0 Å². The van der Waals surface area contributed by atoms with Crippen LogP contribution in [0.5, 0.6) is 0 Å². The summed E-state index contributed by atoms with van der Waals surface area (Å²) in [5.41, 5.74) is 4.08. The molecule has 0 amide bonds. The first-order valence-corrected chi connectivity index (χ1v) is 6.58. The molecule has 17 heavy (non-hydrogen) atoms. The van der Waals surface area contributed by atoms with Crippen LogP contribution in [-0.2, 0) is 7.05 Å². The van der Waals surface area contributed by atoms with E-state index in [1.807, 2.05) is 11.7 Å². The zero-order valence-corrected chi connectivity index (χ0v) is 11.2. The maximum Gasteiger partial charge on any atom is 0.0641 e. The van der Waals surface area contributed by atoms with Crippen molar-refractivity contribution >= 4 is 0 Å². The molecule has 0 aliphatic heterocycles. The monoisotopic (exact) mass is 233 g/mol. The van der Waals surface area contributed by atoms with Crippen molar-refractivity contribution in [2.45, 2.75) is 45.6 Å². The summed E-state index contributed by atoms with van der Waals surface area (Å²) >= 11 is 0. The molecule has 3 heteroatoms. The lowest BCUT2D eigenvalue weighted by molar-refractivity contribution is 0.570. The van der Waals surface area contributed by atoms with Crippen LogP contribution in [0.25, 0.3) is 0 Å². The van der Waals surface area contributed by atoms with Gasteiger partial charge in [-0.1, -0.05) is 11.6 Å². The fourth-order valence-corrected chi connectivity index (χ4v) is 2.57. The molecule has 0 saturated heterocycles. The van der Waals surface area contributed by atoms with Gasteiger partial charge in [-0.25, -0.2) is 0 Å². The van der Waals surface area contributed by atoms with Crippen molar-refractivity contribution in [2.24, 2.45) is 7.05 Å². The Hall–Kier alpha value is -1.09. The predicted octanol–water partition coefficient (Wildman–Crippen LogP) is 2.88. The van der Waals surface area contributed by atoms with Crippen LogP contribution in [0.3, 0.4) is 0 Å². The van der Waals surface area contributed by atoms with Crippen LogP contribution < -0.4 is 5.32 Å². The molecule has 0 fully saturated rings. The lowest BCUT2D eigenvalue weighted by Gasteiger charge is -2.13. The quantitative estimate of drug-likeness (QED) is 0.793. The van der Waals surface area contributed by atoms with Gasteiger partial charge in [0.1, 0.15) is 0 Å². The Morgan fingerprint density at radius 1 is 1.53 bits per heavy atom. The van der Waals surface area contributed by atoms with E-state index in [4.69, 9.17) is 0 Å². The van der Waals surface area contributed by atoms with Gasteiger partial charge >= 0.3 is 0 Å². The third-order valence-corrected chi connectivity index (χ3v) is 3.55. The van der Waals surface area contributed by atoms with E-state index in [9.17, 15) is 0 Å². The number of allylic oxidation sites excluding steroid dienone is 1. The SMILES string of the molecule is Cc1nn(C)cc1C(C)NCCC1=CCCC1. The fourth-order valence-electron chi connectivity index (χ4n) is 2.57. The van der Waals surface area contributed by atoms with Gasteiger partial charge in [-0.2, -0.15) is 5.10 Å². The summed E-state index contributed by atoms with van der Waals surface area (Å²) in [4.78, 5) is 0. The highest BCUT2D eigenvalue weighted by molar-refractivity contribution is 5.19. The molecule has 0 radical (unpaired) electrons. The predicted molar refractivity (Wildman–Crippen MR) is 70.9 cm³/mol. The normalized spacial score (nSPS) is 17.2. The fraction of sp³-hybridized carbons (Fsp3) is 0.643. The molecule has 1 heterocycles. The van der Waals surface area contributed by atoms with Gasteiger partial charge in [0.15, 0.2) is 0 Å². The van der Waals surface area contributed by atoms with Crippen molar-refractivity contribution < 1.29 is 0 Å². The molecule has 1 aliphatic rings. The highest BCUT2D eigenvalue weighted by Gasteiger charge is 2.11. The number of hydrogen-bond donors (Lipinski definition) is 1. The molecule has 94 valence electrons. The first-order valence-electron chi connectivity index (χ1n) is 6.58. The molecule has 2 rings (SSSR count). The molecule has 1 aromatic rings. The van der Waals surface area contributed by atoms with Crippen molar-refractivity contribution in [3.05, 3.63) is 29.1 Å². The molecule has 0 spiro atoms. The van der Waals surface area contributed by atoms with Crippen LogP contribution in [0.1, 0.15) is 49.9 Å². The summed E-state index contributed by atoms with van der Waals surface area (Å²) in [5, 5.41) is 7.97. The number of rotatable bonds is 5. The Morgan fingerprint density at radius 2 is 2.35 bits per heavy atom. The minimum absolute atomic E-state index is 0.394. The lowest BCUT2D eigenvalue weighted by atomic mass is 10.1. The summed E-state index contributed by atoms with van der Waals surface area (Å²) in [6, 6.07) is 0.394.